The molecule has 0 radical (unpaired) electrons. The smallest absolute Gasteiger partial charge is 0.233 e. The molecule has 82 valence electrons. The molecule has 0 aromatic carbocycles. The van der Waals surface area contributed by atoms with Gasteiger partial charge in [0.15, 0.2) is 0 Å². The molecule has 0 rings (SSSR count). The second kappa shape index (κ2) is 8.72. The van der Waals surface area contributed by atoms with Crippen molar-refractivity contribution in [3.8, 4) is 0 Å². The maximum absolute atomic E-state index is 11.1. The van der Waals surface area contributed by atoms with E-state index in [0.29, 0.717) is 13.1 Å². The molecule has 1 amide bonds. The van der Waals surface area contributed by atoms with Crippen LogP contribution in [0.25, 0.3) is 0 Å². The Morgan fingerprint density at radius 1 is 1.50 bits per heavy atom. The molecule has 0 aromatic heterocycles. The monoisotopic (exact) mass is 199 g/mol. The number of rotatable bonds is 8. The molecule has 4 heteroatoms. The molecule has 0 fully saturated rings. The average molecular weight is 199 g/mol. The van der Waals surface area contributed by atoms with E-state index in [-0.39, 0.29) is 5.91 Å². The van der Waals surface area contributed by atoms with Gasteiger partial charge in [0, 0.05) is 13.1 Å². The first-order valence-electron chi connectivity index (χ1n) is 4.90. The maximum Gasteiger partial charge on any atom is 0.233 e. The van der Waals surface area contributed by atoms with Crippen LogP contribution in [-0.2, 0) is 4.79 Å². The fourth-order valence-electron chi connectivity index (χ4n) is 0.973. The third-order valence-electron chi connectivity index (χ3n) is 1.68. The summed E-state index contributed by atoms with van der Waals surface area (Å²) in [6.45, 7) is 6.34. The summed E-state index contributed by atoms with van der Waals surface area (Å²) < 4.78 is 0. The second-order valence-electron chi connectivity index (χ2n) is 3.43. The van der Waals surface area contributed by atoms with Crippen molar-refractivity contribution in [3.05, 3.63) is 12.7 Å². The first-order valence-corrected chi connectivity index (χ1v) is 4.90. The molecule has 0 bridgehead atoms. The zero-order chi connectivity index (χ0) is 10.8. The van der Waals surface area contributed by atoms with Gasteiger partial charge in [-0.1, -0.05) is 6.08 Å². The highest BCUT2D eigenvalue weighted by atomic mass is 16.1. The summed E-state index contributed by atoms with van der Waals surface area (Å²) in [7, 11) is 4.04. The predicted octanol–water partition coefficient (Wildman–Crippen LogP) is -0.170. The van der Waals surface area contributed by atoms with Crippen LogP contribution in [0, 0.1) is 0 Å². The number of carbonyl (C=O) groups excluding carboxylic acids is 1. The van der Waals surface area contributed by atoms with E-state index < -0.39 is 0 Å². The maximum atomic E-state index is 11.1. The standard InChI is InChI=1S/C10H21N3O/c1-4-6-11-9-10(14)12-7-5-8-13(2)3/h4,11H,1,5-9H2,2-3H3,(H,12,14). The summed E-state index contributed by atoms with van der Waals surface area (Å²) in [6.07, 6.45) is 2.72. The lowest BCUT2D eigenvalue weighted by Crippen LogP contribution is -2.35. The highest BCUT2D eigenvalue weighted by molar-refractivity contribution is 5.77. The van der Waals surface area contributed by atoms with Gasteiger partial charge in [-0.25, -0.2) is 0 Å². The Morgan fingerprint density at radius 2 is 2.21 bits per heavy atom. The molecular formula is C10H21N3O. The number of hydrogen-bond donors (Lipinski definition) is 2. The van der Waals surface area contributed by atoms with Gasteiger partial charge in [0.05, 0.1) is 6.54 Å². The summed E-state index contributed by atoms with van der Waals surface area (Å²) in [4.78, 5) is 13.2. The highest BCUT2D eigenvalue weighted by Gasteiger charge is 1.98. The molecule has 0 unspecified atom stereocenters. The van der Waals surface area contributed by atoms with Crippen LogP contribution in [0.2, 0.25) is 0 Å². The van der Waals surface area contributed by atoms with Gasteiger partial charge in [-0.2, -0.15) is 0 Å². The second-order valence-corrected chi connectivity index (χ2v) is 3.43. The summed E-state index contributed by atoms with van der Waals surface area (Å²) in [6, 6.07) is 0. The first-order chi connectivity index (χ1) is 6.66. The molecule has 0 spiro atoms. The molecule has 14 heavy (non-hydrogen) atoms. The van der Waals surface area contributed by atoms with Crippen LogP contribution < -0.4 is 10.6 Å². The Labute approximate surface area is 86.4 Å². The zero-order valence-electron chi connectivity index (χ0n) is 9.18. The molecular weight excluding hydrogens is 178 g/mol. The Hall–Kier alpha value is -0.870. The molecule has 2 N–H and O–H groups in total. The lowest BCUT2D eigenvalue weighted by molar-refractivity contribution is -0.120. The van der Waals surface area contributed by atoms with Crippen molar-refractivity contribution in [1.29, 1.82) is 0 Å². The number of hydrogen-bond acceptors (Lipinski definition) is 3. The Morgan fingerprint density at radius 3 is 2.79 bits per heavy atom. The van der Waals surface area contributed by atoms with E-state index in [0.717, 1.165) is 19.5 Å². The molecule has 0 aliphatic carbocycles. The van der Waals surface area contributed by atoms with E-state index in [1.165, 1.54) is 0 Å². The van der Waals surface area contributed by atoms with Crippen LogP contribution in [0.15, 0.2) is 12.7 Å². The van der Waals surface area contributed by atoms with E-state index >= 15 is 0 Å². The Kier molecular flexibility index (Phi) is 8.17. The van der Waals surface area contributed by atoms with E-state index in [4.69, 9.17) is 0 Å². The fraction of sp³-hybridized carbons (Fsp3) is 0.700. The first kappa shape index (κ1) is 13.1. The molecule has 0 atom stereocenters. The normalized spacial score (nSPS) is 10.2. The van der Waals surface area contributed by atoms with Gasteiger partial charge in [0.2, 0.25) is 5.91 Å². The van der Waals surface area contributed by atoms with Crippen LogP contribution in [-0.4, -0.2) is 51.1 Å². The van der Waals surface area contributed by atoms with E-state index in [9.17, 15) is 4.79 Å². The highest BCUT2D eigenvalue weighted by Crippen LogP contribution is 1.80. The van der Waals surface area contributed by atoms with Gasteiger partial charge in [-0.05, 0) is 27.1 Å². The summed E-state index contributed by atoms with van der Waals surface area (Å²) >= 11 is 0. The number of nitrogens with one attached hydrogen (secondary N) is 2. The molecule has 4 nitrogen and oxygen atoms in total. The predicted molar refractivity (Wildman–Crippen MR) is 59.2 cm³/mol. The van der Waals surface area contributed by atoms with Crippen LogP contribution >= 0.6 is 0 Å². The Balaban J connectivity index is 3.22. The lowest BCUT2D eigenvalue weighted by atomic mass is 10.4. The van der Waals surface area contributed by atoms with Gasteiger partial charge >= 0.3 is 0 Å². The largest absolute Gasteiger partial charge is 0.355 e. The minimum atomic E-state index is 0.0469. The van der Waals surface area contributed by atoms with Crippen molar-refractivity contribution in [2.75, 3.05) is 40.3 Å². The minimum absolute atomic E-state index is 0.0469. The summed E-state index contributed by atoms with van der Waals surface area (Å²) in [5.41, 5.74) is 0. The molecule has 0 aromatic rings. The fourth-order valence-corrected chi connectivity index (χ4v) is 0.973. The molecule has 0 saturated carbocycles. The van der Waals surface area contributed by atoms with Gasteiger partial charge in [-0.15, -0.1) is 6.58 Å². The van der Waals surface area contributed by atoms with E-state index in [2.05, 4.69) is 22.1 Å². The number of amides is 1. The van der Waals surface area contributed by atoms with Gasteiger partial charge in [0.25, 0.3) is 0 Å². The van der Waals surface area contributed by atoms with Gasteiger partial charge in [0.1, 0.15) is 0 Å². The molecule has 0 heterocycles. The third-order valence-corrected chi connectivity index (χ3v) is 1.68. The van der Waals surface area contributed by atoms with Crippen molar-refractivity contribution >= 4 is 5.91 Å². The van der Waals surface area contributed by atoms with Crippen LogP contribution in [0.3, 0.4) is 0 Å². The van der Waals surface area contributed by atoms with Crippen molar-refractivity contribution in [1.82, 2.24) is 15.5 Å². The lowest BCUT2D eigenvalue weighted by Gasteiger charge is -2.09. The van der Waals surface area contributed by atoms with E-state index in [1.54, 1.807) is 6.08 Å². The van der Waals surface area contributed by atoms with Crippen molar-refractivity contribution in [3.63, 3.8) is 0 Å². The van der Waals surface area contributed by atoms with Crippen molar-refractivity contribution < 1.29 is 4.79 Å². The SMILES string of the molecule is C=CCNCC(=O)NCCCN(C)C. The van der Waals surface area contributed by atoms with Gasteiger partial charge in [-0.3, -0.25) is 4.79 Å². The summed E-state index contributed by atoms with van der Waals surface area (Å²) in [5.74, 6) is 0.0469. The van der Waals surface area contributed by atoms with Crippen LogP contribution in [0.5, 0.6) is 0 Å². The topological polar surface area (TPSA) is 44.4 Å². The summed E-state index contributed by atoms with van der Waals surface area (Å²) in [5, 5.41) is 5.78. The molecule has 0 aliphatic rings. The number of carbonyl (C=O) groups is 1. The quantitative estimate of drug-likeness (QED) is 0.421. The van der Waals surface area contributed by atoms with Gasteiger partial charge < -0.3 is 15.5 Å². The van der Waals surface area contributed by atoms with Crippen LogP contribution in [0.4, 0.5) is 0 Å². The van der Waals surface area contributed by atoms with Crippen molar-refractivity contribution in [2.45, 2.75) is 6.42 Å². The Bertz CT molecular complexity index is 169. The molecule has 0 saturated heterocycles. The van der Waals surface area contributed by atoms with E-state index in [1.807, 2.05) is 14.1 Å². The van der Waals surface area contributed by atoms with Crippen LogP contribution in [0.1, 0.15) is 6.42 Å². The molecule has 0 aliphatic heterocycles. The average Bonchev–Trinajstić information content (AvgIpc) is 2.13. The minimum Gasteiger partial charge on any atom is -0.355 e. The number of nitrogens with zero attached hydrogens (tertiary/aromatic N) is 1. The zero-order valence-corrected chi connectivity index (χ0v) is 9.18. The third kappa shape index (κ3) is 9.22. The van der Waals surface area contributed by atoms with Crippen molar-refractivity contribution in [2.24, 2.45) is 0 Å².